The van der Waals surface area contributed by atoms with Crippen LogP contribution in [0, 0.1) is 5.92 Å². The standard InChI is InChI=1S/C15H24N2/c1-12-10-14-6-4-5-7-15(14)17(11-12)13(2)8-9-16-3/h4-7,12-13,16H,8-11H2,1-3H3. The molecule has 0 amide bonds. The van der Waals surface area contributed by atoms with E-state index in [-0.39, 0.29) is 0 Å². The SMILES string of the molecule is CNCCC(C)N1CC(C)Cc2ccccc21. The lowest BCUT2D eigenvalue weighted by atomic mass is 9.92. The summed E-state index contributed by atoms with van der Waals surface area (Å²) >= 11 is 0. The monoisotopic (exact) mass is 232 g/mol. The second kappa shape index (κ2) is 5.54. The third kappa shape index (κ3) is 2.81. The highest BCUT2D eigenvalue weighted by Gasteiger charge is 2.24. The quantitative estimate of drug-likeness (QED) is 0.858. The van der Waals surface area contributed by atoms with Gasteiger partial charge < -0.3 is 10.2 Å². The molecule has 1 aromatic rings. The number of para-hydroxylation sites is 1. The predicted octanol–water partition coefficient (Wildman–Crippen LogP) is 2.68. The molecule has 94 valence electrons. The van der Waals surface area contributed by atoms with Crippen molar-refractivity contribution >= 4 is 5.69 Å². The van der Waals surface area contributed by atoms with E-state index in [9.17, 15) is 0 Å². The minimum absolute atomic E-state index is 0.617. The van der Waals surface area contributed by atoms with Crippen LogP contribution in [-0.4, -0.2) is 26.2 Å². The van der Waals surface area contributed by atoms with Gasteiger partial charge in [-0.25, -0.2) is 0 Å². The molecule has 1 aliphatic rings. The Morgan fingerprint density at radius 2 is 2.18 bits per heavy atom. The molecule has 0 radical (unpaired) electrons. The van der Waals surface area contributed by atoms with Crippen molar-refractivity contribution in [2.24, 2.45) is 5.92 Å². The van der Waals surface area contributed by atoms with Crippen molar-refractivity contribution in [2.75, 3.05) is 25.0 Å². The summed E-state index contributed by atoms with van der Waals surface area (Å²) in [5.41, 5.74) is 2.97. The number of fused-ring (bicyclic) bond motifs is 1. The van der Waals surface area contributed by atoms with Crippen LogP contribution in [0.1, 0.15) is 25.8 Å². The molecule has 17 heavy (non-hydrogen) atoms. The fourth-order valence-electron chi connectivity index (χ4n) is 2.76. The summed E-state index contributed by atoms with van der Waals surface area (Å²) in [5.74, 6) is 0.766. The Kier molecular flexibility index (Phi) is 4.06. The van der Waals surface area contributed by atoms with E-state index in [2.05, 4.69) is 48.3 Å². The first kappa shape index (κ1) is 12.4. The highest BCUT2D eigenvalue weighted by Crippen LogP contribution is 2.31. The van der Waals surface area contributed by atoms with E-state index >= 15 is 0 Å². The summed E-state index contributed by atoms with van der Waals surface area (Å²) in [4.78, 5) is 2.58. The van der Waals surface area contributed by atoms with Gasteiger partial charge in [0, 0.05) is 18.3 Å². The Morgan fingerprint density at radius 1 is 1.41 bits per heavy atom. The van der Waals surface area contributed by atoms with Crippen molar-refractivity contribution in [3.05, 3.63) is 29.8 Å². The number of rotatable bonds is 4. The summed E-state index contributed by atoms with van der Waals surface area (Å²) in [7, 11) is 2.03. The largest absolute Gasteiger partial charge is 0.368 e. The van der Waals surface area contributed by atoms with Crippen LogP contribution < -0.4 is 10.2 Å². The van der Waals surface area contributed by atoms with Crippen LogP contribution in [0.4, 0.5) is 5.69 Å². The van der Waals surface area contributed by atoms with Crippen LogP contribution in [0.2, 0.25) is 0 Å². The normalized spacial score (nSPS) is 21.1. The van der Waals surface area contributed by atoms with Gasteiger partial charge in [0.05, 0.1) is 0 Å². The van der Waals surface area contributed by atoms with Crippen LogP contribution in [0.5, 0.6) is 0 Å². The topological polar surface area (TPSA) is 15.3 Å². The molecule has 2 unspecified atom stereocenters. The molecule has 2 rings (SSSR count). The van der Waals surface area contributed by atoms with Crippen molar-refractivity contribution in [1.29, 1.82) is 0 Å². The molecule has 0 aliphatic carbocycles. The van der Waals surface area contributed by atoms with Gasteiger partial charge in [0.1, 0.15) is 0 Å². The smallest absolute Gasteiger partial charge is 0.0401 e. The van der Waals surface area contributed by atoms with E-state index in [0.717, 1.165) is 12.5 Å². The van der Waals surface area contributed by atoms with Gasteiger partial charge in [-0.2, -0.15) is 0 Å². The van der Waals surface area contributed by atoms with Gasteiger partial charge in [-0.3, -0.25) is 0 Å². The minimum Gasteiger partial charge on any atom is -0.368 e. The molecule has 0 spiro atoms. The second-order valence-corrected chi connectivity index (χ2v) is 5.33. The summed E-state index contributed by atoms with van der Waals surface area (Å²) in [6.45, 7) is 6.98. The van der Waals surface area contributed by atoms with Crippen molar-refractivity contribution in [2.45, 2.75) is 32.7 Å². The molecule has 0 fully saturated rings. The predicted molar refractivity (Wildman–Crippen MR) is 74.7 cm³/mol. The van der Waals surface area contributed by atoms with Crippen molar-refractivity contribution in [3.8, 4) is 0 Å². The lowest BCUT2D eigenvalue weighted by Gasteiger charge is -2.39. The summed E-state index contributed by atoms with van der Waals surface area (Å²) in [5, 5.41) is 3.25. The molecular formula is C15H24N2. The van der Waals surface area contributed by atoms with Gasteiger partial charge in [0.15, 0.2) is 0 Å². The van der Waals surface area contributed by atoms with E-state index in [0.29, 0.717) is 6.04 Å². The van der Waals surface area contributed by atoms with Crippen LogP contribution in [0.15, 0.2) is 24.3 Å². The maximum Gasteiger partial charge on any atom is 0.0401 e. The zero-order chi connectivity index (χ0) is 12.3. The lowest BCUT2D eigenvalue weighted by Crippen LogP contribution is -2.41. The third-order valence-electron chi connectivity index (χ3n) is 3.72. The van der Waals surface area contributed by atoms with Crippen LogP contribution >= 0.6 is 0 Å². The number of nitrogens with one attached hydrogen (secondary N) is 1. The number of anilines is 1. The van der Waals surface area contributed by atoms with Gasteiger partial charge in [-0.15, -0.1) is 0 Å². The maximum absolute atomic E-state index is 3.25. The number of benzene rings is 1. The van der Waals surface area contributed by atoms with Crippen molar-refractivity contribution in [3.63, 3.8) is 0 Å². The molecule has 1 N–H and O–H groups in total. The number of hydrogen-bond acceptors (Lipinski definition) is 2. The summed E-state index contributed by atoms with van der Waals surface area (Å²) in [6, 6.07) is 9.49. The molecule has 0 saturated carbocycles. The Bertz CT molecular complexity index is 362. The molecule has 1 aliphatic heterocycles. The van der Waals surface area contributed by atoms with E-state index < -0.39 is 0 Å². The minimum atomic E-state index is 0.617. The van der Waals surface area contributed by atoms with Gasteiger partial charge in [0.2, 0.25) is 0 Å². The van der Waals surface area contributed by atoms with Gasteiger partial charge in [-0.05, 0) is 50.9 Å². The summed E-state index contributed by atoms with van der Waals surface area (Å²) in [6.07, 6.45) is 2.43. The fourth-order valence-corrected chi connectivity index (χ4v) is 2.76. The second-order valence-electron chi connectivity index (χ2n) is 5.33. The fraction of sp³-hybridized carbons (Fsp3) is 0.600. The lowest BCUT2D eigenvalue weighted by molar-refractivity contribution is 0.476. The molecule has 2 heteroatoms. The maximum atomic E-state index is 3.25. The number of hydrogen-bond donors (Lipinski definition) is 1. The molecule has 1 heterocycles. The molecular weight excluding hydrogens is 208 g/mol. The molecule has 2 atom stereocenters. The first-order chi connectivity index (χ1) is 8.22. The Hall–Kier alpha value is -1.02. The average Bonchev–Trinajstić information content (AvgIpc) is 2.34. The van der Waals surface area contributed by atoms with Crippen LogP contribution in [0.3, 0.4) is 0 Å². The molecule has 0 aromatic heterocycles. The molecule has 0 saturated heterocycles. The van der Waals surface area contributed by atoms with E-state index in [1.807, 2.05) is 7.05 Å². The Labute approximate surface area is 105 Å². The molecule has 1 aromatic carbocycles. The van der Waals surface area contributed by atoms with E-state index in [4.69, 9.17) is 0 Å². The van der Waals surface area contributed by atoms with Crippen LogP contribution in [-0.2, 0) is 6.42 Å². The van der Waals surface area contributed by atoms with Crippen LogP contribution in [0.25, 0.3) is 0 Å². The van der Waals surface area contributed by atoms with Crippen molar-refractivity contribution in [1.82, 2.24) is 5.32 Å². The summed E-state index contributed by atoms with van der Waals surface area (Å²) < 4.78 is 0. The first-order valence-corrected chi connectivity index (χ1v) is 6.71. The Morgan fingerprint density at radius 3 is 2.94 bits per heavy atom. The average molecular weight is 232 g/mol. The van der Waals surface area contributed by atoms with E-state index in [1.54, 1.807) is 0 Å². The number of nitrogens with zero attached hydrogens (tertiary/aromatic N) is 1. The molecule has 2 nitrogen and oxygen atoms in total. The van der Waals surface area contributed by atoms with E-state index in [1.165, 1.54) is 30.6 Å². The van der Waals surface area contributed by atoms with Gasteiger partial charge in [0.25, 0.3) is 0 Å². The van der Waals surface area contributed by atoms with Gasteiger partial charge in [-0.1, -0.05) is 25.1 Å². The van der Waals surface area contributed by atoms with Crippen molar-refractivity contribution < 1.29 is 0 Å². The zero-order valence-corrected chi connectivity index (χ0v) is 11.2. The zero-order valence-electron chi connectivity index (χ0n) is 11.2. The first-order valence-electron chi connectivity index (χ1n) is 6.71. The Balaban J connectivity index is 2.17. The highest BCUT2D eigenvalue weighted by molar-refractivity contribution is 5.56. The third-order valence-corrected chi connectivity index (χ3v) is 3.72. The highest BCUT2D eigenvalue weighted by atomic mass is 15.2. The van der Waals surface area contributed by atoms with Gasteiger partial charge >= 0.3 is 0 Å². The molecule has 0 bridgehead atoms.